The van der Waals surface area contributed by atoms with E-state index in [1.54, 1.807) is 6.20 Å². The van der Waals surface area contributed by atoms with Crippen molar-refractivity contribution in [2.45, 2.75) is 20.0 Å². The van der Waals surface area contributed by atoms with Crippen LogP contribution in [0.1, 0.15) is 11.4 Å². The maximum absolute atomic E-state index is 12.3. The summed E-state index contributed by atoms with van der Waals surface area (Å²) in [5.74, 6) is 0.335. The first-order valence-corrected chi connectivity index (χ1v) is 8.95. The van der Waals surface area contributed by atoms with Gasteiger partial charge in [0.25, 0.3) is 0 Å². The van der Waals surface area contributed by atoms with E-state index in [0.29, 0.717) is 5.76 Å². The second kappa shape index (κ2) is 7.19. The molecule has 4 rings (SSSR count). The molecule has 0 saturated heterocycles. The molecule has 0 spiro atoms. The Kier molecular flexibility index (Phi) is 4.57. The molecule has 2 heterocycles. The highest BCUT2D eigenvalue weighted by Gasteiger charge is 2.13. The van der Waals surface area contributed by atoms with Gasteiger partial charge in [0.1, 0.15) is 12.4 Å². The normalized spacial score (nSPS) is 11.1. The fraction of sp³-hybridized carbons (Fsp3) is 0.190. The molecule has 28 heavy (non-hydrogen) atoms. The molecule has 2 aromatic carbocycles. The number of nitrogens with one attached hydrogen (secondary N) is 1. The largest absolute Gasteiger partial charge is 0.419 e. The maximum atomic E-state index is 12.3. The average molecular weight is 376 g/mol. The molecule has 0 aliphatic carbocycles. The lowest BCUT2D eigenvalue weighted by molar-refractivity contribution is -0.121. The van der Waals surface area contributed by atoms with Crippen molar-refractivity contribution in [3.63, 3.8) is 0 Å². The number of hydrogen-bond donors (Lipinski definition) is 1. The number of fused-ring (bicyclic) bond motifs is 1. The minimum absolute atomic E-state index is 0.113. The molecule has 2 aromatic heterocycles. The van der Waals surface area contributed by atoms with Gasteiger partial charge in [-0.1, -0.05) is 42.0 Å². The number of oxazole rings is 1. The van der Waals surface area contributed by atoms with Crippen molar-refractivity contribution < 1.29 is 9.21 Å². The highest BCUT2D eigenvalue weighted by atomic mass is 16.4. The number of aryl methyl sites for hydroxylation is 2. The van der Waals surface area contributed by atoms with Crippen LogP contribution in [0.25, 0.3) is 22.4 Å². The van der Waals surface area contributed by atoms with Crippen LogP contribution in [0.4, 0.5) is 0 Å². The SMILES string of the molecule is Cc1ccc(-c2cn(CC(=O)NCc3nc4ccccc4n3C)c(=O)o2)cc1. The van der Waals surface area contributed by atoms with Gasteiger partial charge in [0.2, 0.25) is 5.91 Å². The molecule has 0 saturated carbocycles. The van der Waals surface area contributed by atoms with E-state index in [-0.39, 0.29) is 19.0 Å². The van der Waals surface area contributed by atoms with Gasteiger partial charge in [-0.25, -0.2) is 9.78 Å². The van der Waals surface area contributed by atoms with Crippen molar-refractivity contribution in [1.29, 1.82) is 0 Å². The molecular formula is C21H20N4O3. The number of carbonyl (C=O) groups excluding carboxylic acids is 1. The summed E-state index contributed by atoms with van der Waals surface area (Å²) in [7, 11) is 1.91. The zero-order chi connectivity index (χ0) is 19.7. The lowest BCUT2D eigenvalue weighted by Gasteiger charge is -2.05. The van der Waals surface area contributed by atoms with Crippen LogP contribution >= 0.6 is 0 Å². The second-order valence-electron chi connectivity index (χ2n) is 6.71. The van der Waals surface area contributed by atoms with Crippen LogP contribution in [0.2, 0.25) is 0 Å². The molecule has 0 bridgehead atoms. The predicted molar refractivity (Wildman–Crippen MR) is 106 cm³/mol. The number of amides is 1. The van der Waals surface area contributed by atoms with Crippen molar-refractivity contribution in [3.05, 3.63) is 76.7 Å². The van der Waals surface area contributed by atoms with Crippen LogP contribution in [0, 0.1) is 6.92 Å². The van der Waals surface area contributed by atoms with Crippen LogP contribution in [-0.2, 0) is 24.9 Å². The maximum Gasteiger partial charge on any atom is 0.419 e. The monoisotopic (exact) mass is 376 g/mol. The first kappa shape index (κ1) is 17.8. The van der Waals surface area contributed by atoms with Gasteiger partial charge in [-0.15, -0.1) is 0 Å². The van der Waals surface area contributed by atoms with Gasteiger partial charge in [0, 0.05) is 12.6 Å². The summed E-state index contributed by atoms with van der Waals surface area (Å²) in [6, 6.07) is 15.4. The molecule has 7 heteroatoms. The fourth-order valence-electron chi connectivity index (χ4n) is 3.08. The molecule has 4 aromatic rings. The zero-order valence-electron chi connectivity index (χ0n) is 15.7. The van der Waals surface area contributed by atoms with E-state index in [0.717, 1.165) is 28.0 Å². The van der Waals surface area contributed by atoms with Crippen molar-refractivity contribution in [2.75, 3.05) is 0 Å². The van der Waals surface area contributed by atoms with Crippen molar-refractivity contribution in [3.8, 4) is 11.3 Å². The van der Waals surface area contributed by atoms with Crippen molar-refractivity contribution in [2.24, 2.45) is 7.05 Å². The Labute approximate surface area is 161 Å². The molecule has 0 aliphatic heterocycles. The number of para-hydroxylation sites is 2. The summed E-state index contributed by atoms with van der Waals surface area (Å²) in [5.41, 5.74) is 3.79. The van der Waals surface area contributed by atoms with Gasteiger partial charge in [-0.05, 0) is 19.1 Å². The smallest absolute Gasteiger partial charge is 0.408 e. The number of carbonyl (C=O) groups is 1. The molecule has 1 amide bonds. The summed E-state index contributed by atoms with van der Waals surface area (Å²) in [4.78, 5) is 28.9. The molecule has 1 N–H and O–H groups in total. The van der Waals surface area contributed by atoms with Crippen LogP contribution in [0.15, 0.2) is 63.9 Å². The Morgan fingerprint density at radius 2 is 1.89 bits per heavy atom. The van der Waals surface area contributed by atoms with Gasteiger partial charge in [0.05, 0.1) is 23.8 Å². The van der Waals surface area contributed by atoms with Crippen LogP contribution in [-0.4, -0.2) is 20.0 Å². The van der Waals surface area contributed by atoms with E-state index in [4.69, 9.17) is 4.42 Å². The van der Waals surface area contributed by atoms with E-state index in [1.807, 2.05) is 67.1 Å². The minimum atomic E-state index is -0.562. The number of benzene rings is 2. The summed E-state index contributed by atoms with van der Waals surface area (Å²) in [5, 5.41) is 2.81. The zero-order valence-corrected chi connectivity index (χ0v) is 15.7. The molecule has 0 atom stereocenters. The van der Waals surface area contributed by atoms with Gasteiger partial charge < -0.3 is 14.3 Å². The van der Waals surface area contributed by atoms with Gasteiger partial charge >= 0.3 is 5.76 Å². The molecule has 0 aliphatic rings. The lowest BCUT2D eigenvalue weighted by Crippen LogP contribution is -2.30. The highest BCUT2D eigenvalue weighted by Crippen LogP contribution is 2.18. The summed E-state index contributed by atoms with van der Waals surface area (Å²) < 4.78 is 8.48. The number of hydrogen-bond acceptors (Lipinski definition) is 4. The number of imidazole rings is 1. The van der Waals surface area contributed by atoms with Crippen LogP contribution in [0.5, 0.6) is 0 Å². The minimum Gasteiger partial charge on any atom is -0.408 e. The lowest BCUT2D eigenvalue weighted by atomic mass is 10.1. The third kappa shape index (κ3) is 3.46. The van der Waals surface area contributed by atoms with Crippen molar-refractivity contribution in [1.82, 2.24) is 19.4 Å². The van der Waals surface area contributed by atoms with Crippen LogP contribution in [0.3, 0.4) is 0 Å². The van der Waals surface area contributed by atoms with E-state index in [2.05, 4.69) is 10.3 Å². The Bertz CT molecular complexity index is 1200. The molecular weight excluding hydrogens is 356 g/mol. The van der Waals surface area contributed by atoms with Gasteiger partial charge in [-0.2, -0.15) is 0 Å². The molecule has 7 nitrogen and oxygen atoms in total. The Hall–Kier alpha value is -3.61. The van der Waals surface area contributed by atoms with Gasteiger partial charge in [0.15, 0.2) is 5.76 Å². The number of rotatable bonds is 5. The summed E-state index contributed by atoms with van der Waals surface area (Å²) in [6.45, 7) is 2.15. The fourth-order valence-corrected chi connectivity index (χ4v) is 3.08. The highest BCUT2D eigenvalue weighted by molar-refractivity contribution is 5.77. The van der Waals surface area contributed by atoms with E-state index < -0.39 is 5.76 Å². The Morgan fingerprint density at radius 1 is 1.14 bits per heavy atom. The van der Waals surface area contributed by atoms with E-state index >= 15 is 0 Å². The third-order valence-corrected chi connectivity index (χ3v) is 4.68. The van der Waals surface area contributed by atoms with Crippen molar-refractivity contribution >= 4 is 16.9 Å². The molecule has 0 fully saturated rings. The summed E-state index contributed by atoms with van der Waals surface area (Å²) in [6.07, 6.45) is 1.56. The molecule has 0 unspecified atom stereocenters. The van der Waals surface area contributed by atoms with Gasteiger partial charge in [-0.3, -0.25) is 9.36 Å². The first-order chi connectivity index (χ1) is 13.5. The second-order valence-corrected chi connectivity index (χ2v) is 6.71. The molecule has 142 valence electrons. The van der Waals surface area contributed by atoms with E-state index in [9.17, 15) is 9.59 Å². The third-order valence-electron chi connectivity index (χ3n) is 4.68. The standard InChI is InChI=1S/C21H20N4O3/c1-14-7-9-15(10-8-14)18-12-25(21(27)28-18)13-20(26)22-11-19-23-16-5-3-4-6-17(16)24(19)2/h3-10,12H,11,13H2,1-2H3,(H,22,26). The summed E-state index contributed by atoms with van der Waals surface area (Å²) >= 11 is 0. The Balaban J connectivity index is 1.44. The average Bonchev–Trinajstić information content (AvgIpc) is 3.21. The van der Waals surface area contributed by atoms with Crippen LogP contribution < -0.4 is 11.1 Å². The number of nitrogens with zero attached hydrogens (tertiary/aromatic N) is 3. The van der Waals surface area contributed by atoms with E-state index in [1.165, 1.54) is 4.57 Å². The number of aromatic nitrogens is 3. The molecule has 0 radical (unpaired) electrons. The topological polar surface area (TPSA) is 82.1 Å². The Morgan fingerprint density at radius 3 is 2.64 bits per heavy atom. The first-order valence-electron chi connectivity index (χ1n) is 8.95. The predicted octanol–water partition coefficient (Wildman–Crippen LogP) is 2.62. The quantitative estimate of drug-likeness (QED) is 0.580.